The molecule has 9 nitrogen and oxygen atoms in total. The summed E-state index contributed by atoms with van der Waals surface area (Å²) in [5.74, 6) is 1.54. The Bertz CT molecular complexity index is 1660. The van der Waals surface area contributed by atoms with Crippen molar-refractivity contribution < 1.29 is 16.8 Å². The van der Waals surface area contributed by atoms with Gasteiger partial charge in [-0.3, -0.25) is 9.21 Å². The predicted molar refractivity (Wildman–Crippen MR) is 155 cm³/mol. The molecule has 1 aromatic carbocycles. The van der Waals surface area contributed by atoms with Gasteiger partial charge in [-0.25, -0.2) is 26.8 Å². The largest absolute Gasteiger partial charge is 0.316 e. The number of hydrogen-bond acceptors (Lipinski definition) is 9. The van der Waals surface area contributed by atoms with Crippen LogP contribution in [0.3, 0.4) is 0 Å². The zero-order valence-electron chi connectivity index (χ0n) is 22.5. The molecule has 3 aliphatic rings. The lowest BCUT2D eigenvalue weighted by molar-refractivity contribution is 0.192. The first-order valence-electron chi connectivity index (χ1n) is 13.2. The van der Waals surface area contributed by atoms with Gasteiger partial charge in [0.15, 0.2) is 15.0 Å². The van der Waals surface area contributed by atoms with E-state index >= 15 is 0 Å². The Morgan fingerprint density at radius 1 is 1.08 bits per heavy atom. The van der Waals surface area contributed by atoms with Crippen LogP contribution in [0.1, 0.15) is 49.4 Å². The van der Waals surface area contributed by atoms with Crippen LogP contribution in [-0.2, 0) is 33.0 Å². The maximum Gasteiger partial charge on any atom is 0.238 e. The van der Waals surface area contributed by atoms with Crippen LogP contribution < -0.4 is 9.62 Å². The lowest BCUT2D eigenvalue weighted by Crippen LogP contribution is -2.30. The van der Waals surface area contributed by atoms with Crippen molar-refractivity contribution in [3.05, 3.63) is 47.2 Å². The van der Waals surface area contributed by atoms with Crippen molar-refractivity contribution in [2.45, 2.75) is 68.8 Å². The summed E-state index contributed by atoms with van der Waals surface area (Å²) in [5, 5.41) is 3.49. The maximum absolute atomic E-state index is 12.8. The highest BCUT2D eigenvalue weighted by molar-refractivity contribution is 7.93. The second-order valence-corrected chi connectivity index (χ2v) is 16.2. The molecule has 1 atom stereocenters. The molecule has 0 bridgehead atoms. The average molecular weight is 588 g/mol. The molecule has 2 fully saturated rings. The number of fused-ring (bicyclic) bond motifs is 1. The van der Waals surface area contributed by atoms with Gasteiger partial charge in [0, 0.05) is 32.4 Å². The van der Waals surface area contributed by atoms with E-state index in [1.165, 1.54) is 41.8 Å². The molecule has 2 aromatic heterocycles. The zero-order valence-corrected chi connectivity index (χ0v) is 25.0. The van der Waals surface area contributed by atoms with E-state index in [0.29, 0.717) is 53.0 Å². The minimum atomic E-state index is -3.42. The Hall–Kier alpha value is -2.54. The van der Waals surface area contributed by atoms with Gasteiger partial charge in [-0.15, -0.1) is 0 Å². The molecule has 0 saturated heterocycles. The van der Waals surface area contributed by atoms with Crippen LogP contribution in [-0.4, -0.2) is 56.3 Å². The van der Waals surface area contributed by atoms with Gasteiger partial charge in [0.05, 0.1) is 20.7 Å². The third-order valence-electron chi connectivity index (χ3n) is 7.99. The van der Waals surface area contributed by atoms with Crippen molar-refractivity contribution in [1.29, 1.82) is 0 Å². The van der Waals surface area contributed by atoms with Gasteiger partial charge < -0.3 is 5.32 Å². The van der Waals surface area contributed by atoms with Crippen LogP contribution in [0.15, 0.2) is 35.2 Å². The minimum absolute atomic E-state index is 0.321. The monoisotopic (exact) mass is 587 g/mol. The van der Waals surface area contributed by atoms with E-state index in [9.17, 15) is 16.8 Å². The molecule has 0 radical (unpaired) electrons. The molecule has 2 aliphatic carbocycles. The topological polar surface area (TPSA) is 113 Å². The van der Waals surface area contributed by atoms with Gasteiger partial charge in [0.25, 0.3) is 0 Å². The molecule has 1 aliphatic heterocycles. The molecule has 208 valence electrons. The molecule has 3 heterocycles. The number of sulfone groups is 1. The normalized spacial score (nSPS) is 18.7. The molecule has 0 spiro atoms. The Morgan fingerprint density at radius 2 is 1.82 bits per heavy atom. The molecular weight excluding hydrogens is 555 g/mol. The third-order valence-corrected chi connectivity index (χ3v) is 12.5. The van der Waals surface area contributed by atoms with Crippen molar-refractivity contribution in [2.75, 3.05) is 22.9 Å². The summed E-state index contributed by atoms with van der Waals surface area (Å²) in [7, 11) is -5.28. The molecule has 1 unspecified atom stereocenters. The van der Waals surface area contributed by atoms with E-state index in [1.54, 1.807) is 24.3 Å². The fourth-order valence-electron chi connectivity index (χ4n) is 5.34. The summed E-state index contributed by atoms with van der Waals surface area (Å²) in [4.78, 5) is 12.9. The van der Waals surface area contributed by atoms with Crippen molar-refractivity contribution in [3.8, 4) is 10.4 Å². The second kappa shape index (κ2) is 9.53. The number of nitrogens with zero attached hydrogens (tertiary/aromatic N) is 4. The number of hydrogen-bond donors (Lipinski definition) is 1. The van der Waals surface area contributed by atoms with Gasteiger partial charge in [0.2, 0.25) is 10.0 Å². The van der Waals surface area contributed by atoms with E-state index in [4.69, 9.17) is 0 Å². The average Bonchev–Trinajstić information content (AvgIpc) is 3.81. The lowest BCUT2D eigenvalue weighted by Gasteiger charge is -2.23. The summed E-state index contributed by atoms with van der Waals surface area (Å²) in [6, 6.07) is 9.55. The highest BCUT2D eigenvalue weighted by atomic mass is 32.2. The van der Waals surface area contributed by atoms with E-state index < -0.39 is 19.9 Å². The smallest absolute Gasteiger partial charge is 0.238 e. The van der Waals surface area contributed by atoms with E-state index in [1.807, 2.05) is 6.92 Å². The Kier molecular flexibility index (Phi) is 6.52. The number of rotatable bonds is 9. The number of anilines is 3. The van der Waals surface area contributed by atoms with Crippen molar-refractivity contribution in [3.63, 3.8) is 0 Å². The van der Waals surface area contributed by atoms with Gasteiger partial charge in [-0.05, 0) is 86.4 Å². The first-order valence-corrected chi connectivity index (χ1v) is 17.4. The molecule has 12 heteroatoms. The van der Waals surface area contributed by atoms with Crippen LogP contribution in [0.4, 0.5) is 16.8 Å². The highest BCUT2D eigenvalue weighted by Gasteiger charge is 2.39. The van der Waals surface area contributed by atoms with Crippen molar-refractivity contribution in [1.82, 2.24) is 14.9 Å². The number of thiazole rings is 1. The van der Waals surface area contributed by atoms with Gasteiger partial charge in [0.1, 0.15) is 11.6 Å². The fourth-order valence-corrected chi connectivity index (χ4v) is 8.83. The first kappa shape index (κ1) is 26.7. The predicted octanol–water partition coefficient (Wildman–Crippen LogP) is 4.70. The Morgan fingerprint density at radius 3 is 2.49 bits per heavy atom. The highest BCUT2D eigenvalue weighted by Crippen LogP contribution is 2.42. The zero-order chi connectivity index (χ0) is 27.7. The summed E-state index contributed by atoms with van der Waals surface area (Å²) >= 11 is 1.43. The number of nitrogens with one attached hydrogen (secondary N) is 1. The minimum Gasteiger partial charge on any atom is -0.316 e. The van der Waals surface area contributed by atoms with Crippen LogP contribution in [0.2, 0.25) is 0 Å². The lowest BCUT2D eigenvalue weighted by atomic mass is 10.0. The quantitative estimate of drug-likeness (QED) is 0.383. The fraction of sp³-hybridized carbons (Fsp3) is 0.481. The van der Waals surface area contributed by atoms with Gasteiger partial charge in [-0.2, -0.15) is 0 Å². The Balaban J connectivity index is 1.29. The number of sulfonamides is 1. The number of benzene rings is 1. The van der Waals surface area contributed by atoms with E-state index in [-0.39, 0.29) is 5.25 Å². The van der Waals surface area contributed by atoms with Crippen LogP contribution in [0, 0.1) is 12.8 Å². The summed E-state index contributed by atoms with van der Waals surface area (Å²) in [6.45, 7) is 5.57. The maximum atomic E-state index is 12.8. The van der Waals surface area contributed by atoms with Crippen LogP contribution >= 0.6 is 11.3 Å². The van der Waals surface area contributed by atoms with E-state index in [2.05, 4.69) is 33.2 Å². The van der Waals surface area contributed by atoms with Gasteiger partial charge >= 0.3 is 0 Å². The number of aryl methyl sites for hydroxylation is 1. The van der Waals surface area contributed by atoms with Crippen LogP contribution in [0.25, 0.3) is 10.4 Å². The molecule has 1 N–H and O–H groups in total. The summed E-state index contributed by atoms with van der Waals surface area (Å²) in [5.41, 5.74) is 3.61. The molecule has 2 saturated carbocycles. The molecule has 3 aromatic rings. The molecular formula is C27H33N5O4S3. The number of pyridine rings is 1. The second-order valence-electron chi connectivity index (χ2n) is 11.0. The summed E-state index contributed by atoms with van der Waals surface area (Å²) < 4.78 is 52.2. The number of aromatic nitrogens is 2. The first-order chi connectivity index (χ1) is 18.4. The third kappa shape index (κ3) is 5.19. The molecule has 0 amide bonds. The standard InChI is InChI=1S/C27H33N5O4S3/c1-16-26(19-12-20-14-32(17(2)18-8-9-18)15-22(20)23(13-19)38(4,33)34)37-27(28-16)30-24-6-5-7-25(29-24)31(3)39(35,36)21-10-11-21/h5-7,12-13,17-18,21H,8-11,14-15H2,1-4H3,(H,28,29,30). The van der Waals surface area contributed by atoms with Crippen molar-refractivity contribution in [2.24, 2.45) is 5.92 Å². The Labute approximate surface area is 234 Å². The molecule has 39 heavy (non-hydrogen) atoms. The summed E-state index contributed by atoms with van der Waals surface area (Å²) in [6.07, 6.45) is 5.15. The van der Waals surface area contributed by atoms with E-state index in [0.717, 1.165) is 33.8 Å². The van der Waals surface area contributed by atoms with Crippen LogP contribution in [0.5, 0.6) is 0 Å². The van der Waals surface area contributed by atoms with Crippen molar-refractivity contribution >= 4 is 48.0 Å². The SMILES string of the molecule is Cc1nc(Nc2cccc(N(C)S(=O)(=O)C3CC3)n2)sc1-c1cc2c(c(S(C)(=O)=O)c1)CN(C(C)C1CC1)C2. The van der Waals surface area contributed by atoms with Gasteiger partial charge in [-0.1, -0.05) is 17.4 Å². The molecule has 6 rings (SSSR count).